The van der Waals surface area contributed by atoms with E-state index in [1.165, 1.54) is 32.1 Å². The minimum absolute atomic E-state index is 0.106. The number of hydrogen-bond donors (Lipinski definition) is 0. The van der Waals surface area contributed by atoms with E-state index in [-0.39, 0.29) is 5.92 Å². The van der Waals surface area contributed by atoms with Gasteiger partial charge in [-0.1, -0.05) is 121 Å². The molecule has 39 heavy (non-hydrogen) atoms. The van der Waals surface area contributed by atoms with Gasteiger partial charge in [0.05, 0.1) is 17.1 Å². The number of rotatable bonds is 4. The highest BCUT2D eigenvalue weighted by Crippen LogP contribution is 2.72. The van der Waals surface area contributed by atoms with Crippen LogP contribution in [0.15, 0.2) is 160 Å². The molecule has 1 nitrogen and oxygen atoms in total. The first-order valence-electron chi connectivity index (χ1n) is 13.3. The van der Waals surface area contributed by atoms with Gasteiger partial charge >= 0.3 is 0 Å². The second-order valence-electron chi connectivity index (χ2n) is 10.1. The van der Waals surface area contributed by atoms with E-state index in [1.54, 1.807) is 0 Å². The van der Waals surface area contributed by atoms with E-state index in [2.05, 4.69) is 138 Å². The Balaban J connectivity index is 1.64. The molecule has 0 aromatic heterocycles. The average molecular weight is 541 g/mol. The summed E-state index contributed by atoms with van der Waals surface area (Å²) in [7, 11) is 0. The Bertz CT molecular complexity index is 1580. The number of hydrogen-bond acceptors (Lipinski definition) is 3. The van der Waals surface area contributed by atoms with E-state index in [1.807, 2.05) is 35.9 Å². The number of ether oxygens (including phenoxy) is 1. The van der Waals surface area contributed by atoms with Gasteiger partial charge in [0.1, 0.15) is 5.76 Å². The molecule has 2 aromatic carbocycles. The Hall–Kier alpha value is -3.66. The SMILES string of the molecule is C1=CC=C(C2(C3=CC=CC=CS3)Cc3ccccc3C2(C2=CC=CC=CS2)C2C=Cc3ccccc32)OC=C1. The lowest BCUT2D eigenvalue weighted by atomic mass is 9.54. The second-order valence-corrected chi connectivity index (χ2v) is 12.0. The molecular weight excluding hydrogens is 513 g/mol. The van der Waals surface area contributed by atoms with Gasteiger partial charge in [0.25, 0.3) is 0 Å². The van der Waals surface area contributed by atoms with Gasteiger partial charge in [-0.25, -0.2) is 0 Å². The fourth-order valence-corrected chi connectivity index (χ4v) is 8.96. The maximum atomic E-state index is 6.66. The zero-order valence-corrected chi connectivity index (χ0v) is 23.1. The van der Waals surface area contributed by atoms with E-state index >= 15 is 0 Å². The van der Waals surface area contributed by atoms with Gasteiger partial charge in [-0.3, -0.25) is 0 Å². The van der Waals surface area contributed by atoms with Crippen LogP contribution in [0.4, 0.5) is 0 Å². The molecule has 3 heterocycles. The van der Waals surface area contributed by atoms with Crippen LogP contribution in [0.5, 0.6) is 0 Å². The van der Waals surface area contributed by atoms with Crippen molar-refractivity contribution in [3.63, 3.8) is 0 Å². The molecule has 0 amide bonds. The van der Waals surface area contributed by atoms with Crippen LogP contribution >= 0.6 is 23.5 Å². The van der Waals surface area contributed by atoms with Gasteiger partial charge in [-0.15, -0.1) is 23.5 Å². The van der Waals surface area contributed by atoms with Crippen LogP contribution in [0.25, 0.3) is 6.08 Å². The van der Waals surface area contributed by atoms with Crippen LogP contribution in [0.3, 0.4) is 0 Å². The van der Waals surface area contributed by atoms with Crippen molar-refractivity contribution in [3.8, 4) is 0 Å². The molecule has 3 unspecified atom stereocenters. The fraction of sp³-hybridized carbons (Fsp3) is 0.111. The monoisotopic (exact) mass is 540 g/mol. The number of allylic oxidation sites excluding steroid dienone is 15. The lowest BCUT2D eigenvalue weighted by molar-refractivity contribution is 0.167. The molecule has 0 spiro atoms. The third-order valence-electron chi connectivity index (χ3n) is 8.30. The van der Waals surface area contributed by atoms with Crippen LogP contribution < -0.4 is 0 Å². The normalized spacial score (nSPS) is 28.1. The third-order valence-corrected chi connectivity index (χ3v) is 10.3. The van der Waals surface area contributed by atoms with Crippen LogP contribution in [0, 0.1) is 5.41 Å². The third kappa shape index (κ3) is 3.71. The number of fused-ring (bicyclic) bond motifs is 2. The largest absolute Gasteiger partial charge is 0.468 e. The predicted octanol–water partition coefficient (Wildman–Crippen LogP) is 9.66. The molecule has 0 fully saturated rings. The van der Waals surface area contributed by atoms with E-state index < -0.39 is 10.8 Å². The topological polar surface area (TPSA) is 9.23 Å². The van der Waals surface area contributed by atoms with E-state index in [4.69, 9.17) is 4.74 Å². The maximum absolute atomic E-state index is 6.66. The number of benzene rings is 2. The van der Waals surface area contributed by atoms with Crippen molar-refractivity contribution in [2.24, 2.45) is 5.41 Å². The summed E-state index contributed by atoms with van der Waals surface area (Å²) in [6, 6.07) is 18.0. The minimum Gasteiger partial charge on any atom is -0.468 e. The van der Waals surface area contributed by atoms with Gasteiger partial charge in [-0.05, 0) is 51.6 Å². The Labute approximate surface area is 239 Å². The first-order valence-corrected chi connectivity index (χ1v) is 15.1. The summed E-state index contributed by atoms with van der Waals surface area (Å²) in [5.74, 6) is 1.08. The van der Waals surface area contributed by atoms with Crippen molar-refractivity contribution >= 4 is 29.6 Å². The van der Waals surface area contributed by atoms with Crippen LogP contribution in [-0.2, 0) is 16.6 Å². The van der Waals surface area contributed by atoms with Gasteiger partial charge in [0, 0.05) is 15.7 Å². The summed E-state index contributed by atoms with van der Waals surface area (Å²) >= 11 is 3.65. The van der Waals surface area contributed by atoms with E-state index in [0.29, 0.717) is 0 Å². The van der Waals surface area contributed by atoms with Gasteiger partial charge in [0.2, 0.25) is 0 Å². The molecule has 3 aliphatic heterocycles. The summed E-state index contributed by atoms with van der Waals surface area (Å²) in [5.41, 5.74) is 4.44. The standard InChI is InChI=1S/C36H28OS2/c1-4-18-32(37-23-11-1)35(33-19-5-2-12-24-38-33)26-28-15-8-10-17-30(28)36(35,34-20-6-3-13-25-39-34)31-22-21-27-14-7-9-16-29(27)31/h1-25,31H,26H2. The molecule has 2 aliphatic carbocycles. The first-order chi connectivity index (χ1) is 19.4. The zero-order chi connectivity index (χ0) is 26.1. The lowest BCUT2D eigenvalue weighted by Crippen LogP contribution is -2.50. The smallest absolute Gasteiger partial charge is 0.116 e. The molecular formula is C36H28OS2. The van der Waals surface area contributed by atoms with Crippen molar-refractivity contribution in [2.75, 3.05) is 0 Å². The second kappa shape index (κ2) is 10.1. The first kappa shape index (κ1) is 24.4. The summed E-state index contributed by atoms with van der Waals surface area (Å²) in [6.45, 7) is 0. The highest BCUT2D eigenvalue weighted by atomic mass is 32.2. The van der Waals surface area contributed by atoms with Crippen molar-refractivity contribution in [2.45, 2.75) is 17.8 Å². The zero-order valence-electron chi connectivity index (χ0n) is 21.4. The summed E-state index contributed by atoms with van der Waals surface area (Å²) in [5, 5.41) is 4.44. The Morgan fingerprint density at radius 2 is 1.41 bits per heavy atom. The molecule has 190 valence electrons. The fourth-order valence-electron chi connectivity index (χ4n) is 6.88. The highest BCUT2D eigenvalue weighted by Gasteiger charge is 2.67. The van der Waals surface area contributed by atoms with Crippen LogP contribution in [0.1, 0.15) is 28.2 Å². The van der Waals surface area contributed by atoms with Gasteiger partial charge in [-0.2, -0.15) is 0 Å². The highest BCUT2D eigenvalue weighted by molar-refractivity contribution is 8.06. The molecule has 0 saturated heterocycles. The molecule has 2 aromatic rings. The van der Waals surface area contributed by atoms with E-state index in [0.717, 1.165) is 12.2 Å². The lowest BCUT2D eigenvalue weighted by Gasteiger charge is -2.52. The van der Waals surface area contributed by atoms with E-state index in [9.17, 15) is 0 Å². The Kier molecular flexibility index (Phi) is 6.34. The van der Waals surface area contributed by atoms with Crippen molar-refractivity contribution in [3.05, 3.63) is 182 Å². The van der Waals surface area contributed by atoms with Crippen LogP contribution in [0.2, 0.25) is 0 Å². The molecule has 0 saturated carbocycles. The maximum Gasteiger partial charge on any atom is 0.116 e. The van der Waals surface area contributed by atoms with Crippen molar-refractivity contribution in [1.82, 2.24) is 0 Å². The molecule has 0 N–H and O–H groups in total. The molecule has 7 rings (SSSR count). The molecule has 3 atom stereocenters. The minimum atomic E-state index is -0.503. The summed E-state index contributed by atoms with van der Waals surface area (Å²) in [6.07, 6.45) is 33.3. The summed E-state index contributed by atoms with van der Waals surface area (Å²) < 4.78 is 6.66. The Morgan fingerprint density at radius 1 is 0.692 bits per heavy atom. The molecule has 5 aliphatic rings. The van der Waals surface area contributed by atoms with Gasteiger partial charge in [0.15, 0.2) is 0 Å². The average Bonchev–Trinajstić information content (AvgIpc) is 3.22. The summed E-state index contributed by atoms with van der Waals surface area (Å²) in [4.78, 5) is 2.61. The van der Waals surface area contributed by atoms with Crippen molar-refractivity contribution < 1.29 is 4.74 Å². The molecule has 3 heteroatoms. The van der Waals surface area contributed by atoms with Crippen LogP contribution in [-0.4, -0.2) is 0 Å². The van der Waals surface area contributed by atoms with Crippen molar-refractivity contribution in [1.29, 1.82) is 0 Å². The van der Waals surface area contributed by atoms with Gasteiger partial charge < -0.3 is 4.74 Å². The molecule has 0 bridgehead atoms. The number of thioether (sulfide) groups is 2. The quantitative estimate of drug-likeness (QED) is 0.382. The molecule has 0 radical (unpaired) electrons. The predicted molar refractivity (Wildman–Crippen MR) is 168 cm³/mol. The Morgan fingerprint density at radius 3 is 2.31 bits per heavy atom.